The number of benzene rings is 2. The average Bonchev–Trinajstić information content (AvgIpc) is 3.24. The summed E-state index contributed by atoms with van der Waals surface area (Å²) in [5.74, 6) is -1.07. The van der Waals surface area contributed by atoms with Crippen molar-refractivity contribution in [2.45, 2.75) is 50.1 Å². The largest absolute Gasteiger partial charge is 0.481 e. The van der Waals surface area contributed by atoms with Crippen molar-refractivity contribution in [3.05, 3.63) is 59.7 Å². The maximum Gasteiger partial charge on any atom is 0.303 e. The first-order valence-corrected chi connectivity index (χ1v) is 9.98. The topological polar surface area (TPSA) is 95.5 Å². The number of carboxylic acids is 1. The van der Waals surface area contributed by atoms with Crippen LogP contribution in [0.2, 0.25) is 0 Å². The van der Waals surface area contributed by atoms with E-state index in [2.05, 4.69) is 22.8 Å². The normalized spacial score (nSPS) is 20.1. The minimum atomic E-state index is -0.894. The van der Waals surface area contributed by atoms with Gasteiger partial charge in [-0.1, -0.05) is 48.5 Å². The summed E-state index contributed by atoms with van der Waals surface area (Å²) in [6, 6.07) is 15.9. The molecule has 0 spiro atoms. The number of hydrogen-bond acceptors (Lipinski definition) is 3. The van der Waals surface area contributed by atoms with Crippen LogP contribution in [0, 0.1) is 0 Å². The third-order valence-electron chi connectivity index (χ3n) is 6.02. The van der Waals surface area contributed by atoms with Crippen molar-refractivity contribution >= 4 is 17.8 Å². The van der Waals surface area contributed by atoms with Gasteiger partial charge in [0.1, 0.15) is 0 Å². The van der Waals surface area contributed by atoms with Gasteiger partial charge in [-0.05, 0) is 41.5 Å². The third-order valence-corrected chi connectivity index (χ3v) is 6.02. The molecule has 0 radical (unpaired) electrons. The highest BCUT2D eigenvalue weighted by Crippen LogP contribution is 2.43. The molecule has 2 amide bonds. The molecule has 1 atom stereocenters. The zero-order chi connectivity index (χ0) is 20.4. The third kappa shape index (κ3) is 3.88. The molecule has 1 aliphatic carbocycles. The maximum absolute atomic E-state index is 12.8. The lowest BCUT2D eigenvalue weighted by Crippen LogP contribution is -2.43. The summed E-state index contributed by atoms with van der Waals surface area (Å²) >= 11 is 0. The van der Waals surface area contributed by atoms with Gasteiger partial charge in [0.2, 0.25) is 11.8 Å². The fourth-order valence-electron chi connectivity index (χ4n) is 4.52. The molecule has 6 nitrogen and oxygen atoms in total. The molecular formula is C23H24N2O4. The Bertz CT molecular complexity index is 925. The number of rotatable bonds is 7. The number of carbonyl (C=O) groups excluding carboxylic acids is 2. The number of nitrogens with one attached hydrogen (secondary N) is 2. The first-order valence-electron chi connectivity index (χ1n) is 9.98. The molecule has 3 N–H and O–H groups in total. The average molecular weight is 392 g/mol. The van der Waals surface area contributed by atoms with E-state index in [1.807, 2.05) is 36.4 Å². The molecule has 2 aromatic carbocycles. The number of hydrogen-bond donors (Lipinski definition) is 3. The second-order valence-electron chi connectivity index (χ2n) is 7.90. The molecule has 0 bridgehead atoms. The summed E-state index contributed by atoms with van der Waals surface area (Å²) in [5.41, 5.74) is 3.83. The Morgan fingerprint density at radius 3 is 2.14 bits per heavy atom. The number of carbonyl (C=O) groups is 3. The fourth-order valence-corrected chi connectivity index (χ4v) is 4.52. The molecule has 1 fully saturated rings. The monoisotopic (exact) mass is 392 g/mol. The van der Waals surface area contributed by atoms with Crippen LogP contribution < -0.4 is 10.6 Å². The van der Waals surface area contributed by atoms with Gasteiger partial charge in [-0.25, -0.2) is 0 Å². The van der Waals surface area contributed by atoms with Gasteiger partial charge in [-0.15, -0.1) is 0 Å². The Hall–Kier alpha value is -3.15. The van der Waals surface area contributed by atoms with E-state index in [-0.39, 0.29) is 30.7 Å². The Labute approximate surface area is 169 Å². The predicted octanol–water partition coefficient (Wildman–Crippen LogP) is 3.17. The Morgan fingerprint density at radius 1 is 1.00 bits per heavy atom. The molecule has 1 aliphatic heterocycles. The predicted molar refractivity (Wildman–Crippen MR) is 108 cm³/mol. The second-order valence-corrected chi connectivity index (χ2v) is 7.90. The van der Waals surface area contributed by atoms with Gasteiger partial charge in [-0.2, -0.15) is 0 Å². The lowest BCUT2D eigenvalue weighted by molar-refractivity contribution is -0.137. The van der Waals surface area contributed by atoms with E-state index >= 15 is 0 Å². The molecule has 1 heterocycles. The maximum atomic E-state index is 12.8. The highest BCUT2D eigenvalue weighted by molar-refractivity contribution is 5.84. The first kappa shape index (κ1) is 19.2. The lowest BCUT2D eigenvalue weighted by atomic mass is 9.86. The van der Waals surface area contributed by atoms with Gasteiger partial charge in [0.25, 0.3) is 0 Å². The van der Waals surface area contributed by atoms with E-state index in [0.29, 0.717) is 25.7 Å². The highest BCUT2D eigenvalue weighted by Gasteiger charge is 2.38. The van der Waals surface area contributed by atoms with Crippen molar-refractivity contribution in [2.75, 3.05) is 0 Å². The van der Waals surface area contributed by atoms with Crippen LogP contribution in [0.4, 0.5) is 0 Å². The fraction of sp³-hybridized carbons (Fsp3) is 0.348. The van der Waals surface area contributed by atoms with Crippen molar-refractivity contribution in [1.29, 1.82) is 0 Å². The van der Waals surface area contributed by atoms with Crippen LogP contribution in [0.15, 0.2) is 48.5 Å². The van der Waals surface area contributed by atoms with Crippen molar-refractivity contribution in [3.63, 3.8) is 0 Å². The second kappa shape index (κ2) is 7.70. The van der Waals surface area contributed by atoms with Crippen LogP contribution in [-0.4, -0.2) is 28.4 Å². The lowest BCUT2D eigenvalue weighted by Gasteiger charge is -2.29. The van der Waals surface area contributed by atoms with Crippen molar-refractivity contribution in [3.8, 4) is 11.1 Å². The molecular weight excluding hydrogens is 368 g/mol. The van der Waals surface area contributed by atoms with Gasteiger partial charge in [-0.3, -0.25) is 14.4 Å². The molecule has 0 saturated carbocycles. The van der Waals surface area contributed by atoms with E-state index in [1.54, 1.807) is 0 Å². The van der Waals surface area contributed by atoms with Crippen LogP contribution >= 0.6 is 0 Å². The molecule has 0 unspecified atom stereocenters. The van der Waals surface area contributed by atoms with Crippen molar-refractivity contribution < 1.29 is 19.5 Å². The van der Waals surface area contributed by atoms with Crippen LogP contribution in [0.3, 0.4) is 0 Å². The summed E-state index contributed by atoms with van der Waals surface area (Å²) in [6.07, 6.45) is 1.95. The van der Waals surface area contributed by atoms with Gasteiger partial charge in [0.05, 0.1) is 6.04 Å². The quantitative estimate of drug-likeness (QED) is 0.674. The molecule has 2 aliphatic rings. The molecule has 6 heteroatoms. The summed E-state index contributed by atoms with van der Waals surface area (Å²) in [7, 11) is 0. The molecule has 2 aromatic rings. The van der Waals surface area contributed by atoms with Gasteiger partial charge in [0.15, 0.2) is 0 Å². The molecule has 150 valence electrons. The Balaban J connectivity index is 1.46. The Morgan fingerprint density at radius 2 is 1.59 bits per heavy atom. The van der Waals surface area contributed by atoms with Crippen molar-refractivity contribution in [2.24, 2.45) is 0 Å². The van der Waals surface area contributed by atoms with Crippen LogP contribution in [0.5, 0.6) is 0 Å². The zero-order valence-electron chi connectivity index (χ0n) is 16.1. The highest BCUT2D eigenvalue weighted by atomic mass is 16.4. The van der Waals surface area contributed by atoms with E-state index in [1.165, 1.54) is 0 Å². The first-order chi connectivity index (χ1) is 14.0. The van der Waals surface area contributed by atoms with Gasteiger partial charge in [0, 0.05) is 24.8 Å². The number of aliphatic carboxylic acids is 1. The smallest absolute Gasteiger partial charge is 0.303 e. The molecule has 4 rings (SSSR count). The molecule has 1 saturated heterocycles. The number of fused-ring (bicyclic) bond motifs is 3. The van der Waals surface area contributed by atoms with E-state index in [0.717, 1.165) is 22.3 Å². The summed E-state index contributed by atoms with van der Waals surface area (Å²) in [5, 5.41) is 15.1. The van der Waals surface area contributed by atoms with E-state index < -0.39 is 11.5 Å². The Kier molecular flexibility index (Phi) is 5.09. The van der Waals surface area contributed by atoms with Gasteiger partial charge >= 0.3 is 5.97 Å². The number of amides is 2. The van der Waals surface area contributed by atoms with Crippen LogP contribution in [0.25, 0.3) is 11.1 Å². The van der Waals surface area contributed by atoms with Crippen molar-refractivity contribution in [1.82, 2.24) is 10.6 Å². The summed E-state index contributed by atoms with van der Waals surface area (Å²) < 4.78 is 0. The molecule has 0 aromatic heterocycles. The SMILES string of the molecule is O=C(O)CC[C@]1(CCC(=O)NC2c3ccccc3-c3ccccc32)CCC(=O)N1. The van der Waals surface area contributed by atoms with Crippen LogP contribution in [-0.2, 0) is 14.4 Å². The minimum Gasteiger partial charge on any atom is -0.481 e. The zero-order valence-corrected chi connectivity index (χ0v) is 16.1. The summed E-state index contributed by atoms with van der Waals surface area (Å²) in [6.45, 7) is 0. The summed E-state index contributed by atoms with van der Waals surface area (Å²) in [4.78, 5) is 35.5. The number of carboxylic acid groups (broad SMARTS) is 1. The minimum absolute atomic E-state index is 0.0225. The van der Waals surface area contributed by atoms with E-state index in [9.17, 15) is 14.4 Å². The standard InChI is InChI=1S/C23H24N2O4/c26-19(9-12-23(14-11-21(28)29)13-10-20(27)25-23)24-22-17-7-3-1-5-15(17)16-6-2-4-8-18(16)22/h1-8,22H,9-14H2,(H,24,26)(H,25,27)(H,28,29)/t23-/m0/s1. The van der Waals surface area contributed by atoms with Gasteiger partial charge < -0.3 is 15.7 Å². The van der Waals surface area contributed by atoms with Crippen LogP contribution in [0.1, 0.15) is 55.7 Å². The van der Waals surface area contributed by atoms with E-state index in [4.69, 9.17) is 5.11 Å². The molecule has 29 heavy (non-hydrogen) atoms.